The van der Waals surface area contributed by atoms with Gasteiger partial charge in [0.1, 0.15) is 0 Å². The van der Waals surface area contributed by atoms with E-state index in [-0.39, 0.29) is 5.91 Å². The molecule has 0 aromatic heterocycles. The maximum absolute atomic E-state index is 11.9. The lowest BCUT2D eigenvalue weighted by molar-refractivity contribution is -0.115. The Bertz CT molecular complexity index is 791. The summed E-state index contributed by atoms with van der Waals surface area (Å²) in [5, 5.41) is 16.8. The monoisotopic (exact) mass is 292 g/mol. The predicted octanol–water partition coefficient (Wildman–Crippen LogP) is 2.70. The number of hydrogen-bond acceptors (Lipinski definition) is 3. The molecule has 1 heterocycles. The van der Waals surface area contributed by atoms with Gasteiger partial charge in [0.15, 0.2) is 0 Å². The van der Waals surface area contributed by atoms with Crippen LogP contribution in [-0.2, 0) is 11.2 Å². The molecule has 0 aliphatic carbocycles. The van der Waals surface area contributed by atoms with Gasteiger partial charge in [-0.05, 0) is 42.0 Å². The Hall–Kier alpha value is -3.33. The van der Waals surface area contributed by atoms with Crippen LogP contribution in [0.3, 0.4) is 0 Å². The molecule has 2 aromatic rings. The van der Waals surface area contributed by atoms with Gasteiger partial charge < -0.3 is 16.0 Å². The highest BCUT2D eigenvalue weighted by Crippen LogP contribution is 2.26. The summed E-state index contributed by atoms with van der Waals surface area (Å²) in [6.07, 6.45) is 0.368. The number of rotatable bonds is 2. The zero-order chi connectivity index (χ0) is 15.5. The van der Waals surface area contributed by atoms with E-state index in [1.807, 2.05) is 12.1 Å². The molecule has 0 radical (unpaired) electrons. The van der Waals surface area contributed by atoms with Crippen LogP contribution in [0.25, 0.3) is 0 Å². The number of carbonyl (C=O) groups excluding carboxylic acids is 2. The van der Waals surface area contributed by atoms with Crippen molar-refractivity contribution < 1.29 is 9.59 Å². The van der Waals surface area contributed by atoms with E-state index in [0.717, 1.165) is 11.3 Å². The summed E-state index contributed by atoms with van der Waals surface area (Å²) < 4.78 is 0. The van der Waals surface area contributed by atoms with Crippen LogP contribution in [0, 0.1) is 11.3 Å². The Morgan fingerprint density at radius 2 is 1.77 bits per heavy atom. The highest BCUT2D eigenvalue weighted by molar-refractivity contribution is 6.02. The van der Waals surface area contributed by atoms with Crippen molar-refractivity contribution in [1.82, 2.24) is 0 Å². The number of hydrogen-bond donors (Lipinski definition) is 3. The Kier molecular flexibility index (Phi) is 3.46. The first-order valence-electron chi connectivity index (χ1n) is 6.65. The number of nitriles is 1. The van der Waals surface area contributed by atoms with Crippen molar-refractivity contribution in [3.8, 4) is 6.07 Å². The van der Waals surface area contributed by atoms with E-state index in [9.17, 15) is 9.59 Å². The molecule has 6 nitrogen and oxygen atoms in total. The van der Waals surface area contributed by atoms with E-state index in [1.165, 1.54) is 0 Å². The third-order valence-corrected chi connectivity index (χ3v) is 3.26. The van der Waals surface area contributed by atoms with Gasteiger partial charge in [0.05, 0.1) is 18.1 Å². The van der Waals surface area contributed by atoms with Gasteiger partial charge in [0, 0.05) is 17.1 Å². The number of carbonyl (C=O) groups is 2. The molecule has 3 rings (SSSR count). The molecule has 3 amide bonds. The number of anilines is 3. The van der Waals surface area contributed by atoms with Crippen LogP contribution in [0.5, 0.6) is 0 Å². The smallest absolute Gasteiger partial charge is 0.323 e. The van der Waals surface area contributed by atoms with E-state index in [2.05, 4.69) is 16.0 Å². The van der Waals surface area contributed by atoms with Gasteiger partial charge in [0.2, 0.25) is 5.91 Å². The topological polar surface area (TPSA) is 94.0 Å². The van der Waals surface area contributed by atoms with Gasteiger partial charge in [0.25, 0.3) is 0 Å². The van der Waals surface area contributed by atoms with Crippen molar-refractivity contribution in [3.63, 3.8) is 0 Å². The molecule has 0 saturated heterocycles. The van der Waals surface area contributed by atoms with Crippen LogP contribution >= 0.6 is 0 Å². The molecular weight excluding hydrogens is 280 g/mol. The predicted molar refractivity (Wildman–Crippen MR) is 82.6 cm³/mol. The minimum Gasteiger partial charge on any atom is -0.325 e. The third-order valence-electron chi connectivity index (χ3n) is 3.26. The number of amides is 3. The molecular formula is C16H12N4O2. The molecule has 1 aliphatic rings. The first kappa shape index (κ1) is 13.6. The molecule has 3 N–H and O–H groups in total. The van der Waals surface area contributed by atoms with Crippen LogP contribution < -0.4 is 16.0 Å². The lowest BCUT2D eigenvalue weighted by Gasteiger charge is -2.09. The van der Waals surface area contributed by atoms with E-state index >= 15 is 0 Å². The fourth-order valence-corrected chi connectivity index (χ4v) is 2.21. The average Bonchev–Trinajstić information content (AvgIpc) is 2.87. The highest BCUT2D eigenvalue weighted by Gasteiger charge is 2.17. The van der Waals surface area contributed by atoms with Crippen LogP contribution in [0.4, 0.5) is 21.9 Å². The number of fused-ring (bicyclic) bond motifs is 1. The van der Waals surface area contributed by atoms with E-state index in [1.54, 1.807) is 36.4 Å². The molecule has 1 aliphatic heterocycles. The van der Waals surface area contributed by atoms with Gasteiger partial charge in [-0.1, -0.05) is 6.07 Å². The Labute approximate surface area is 126 Å². The molecule has 0 spiro atoms. The highest BCUT2D eigenvalue weighted by atomic mass is 16.2. The molecule has 0 unspecified atom stereocenters. The standard InChI is InChI=1S/C16H12N4O2/c17-9-10-1-4-12(5-2-10)18-16(22)19-13-6-3-11-7-15(21)20-14(11)8-13/h1-6,8H,7H2,(H,20,21)(H2,18,19,22). The average molecular weight is 292 g/mol. The molecule has 0 bridgehead atoms. The minimum absolute atomic E-state index is 0.0471. The van der Waals surface area contributed by atoms with Crippen molar-refractivity contribution >= 4 is 29.0 Å². The van der Waals surface area contributed by atoms with Crippen LogP contribution in [0.2, 0.25) is 0 Å². The molecule has 0 saturated carbocycles. The Balaban J connectivity index is 1.66. The minimum atomic E-state index is -0.394. The Morgan fingerprint density at radius 1 is 1.09 bits per heavy atom. The summed E-state index contributed by atoms with van der Waals surface area (Å²) in [7, 11) is 0. The van der Waals surface area contributed by atoms with Crippen LogP contribution in [0.15, 0.2) is 42.5 Å². The largest absolute Gasteiger partial charge is 0.325 e. The SMILES string of the molecule is N#Cc1ccc(NC(=O)Nc2ccc3c(c2)NC(=O)C3)cc1. The second-order valence-electron chi connectivity index (χ2n) is 4.87. The molecule has 108 valence electrons. The number of nitrogens with zero attached hydrogens (tertiary/aromatic N) is 1. The number of urea groups is 1. The van der Waals surface area contributed by atoms with Gasteiger partial charge in [-0.25, -0.2) is 4.79 Å². The summed E-state index contributed by atoms with van der Waals surface area (Å²) in [4.78, 5) is 23.2. The molecule has 0 fully saturated rings. The summed E-state index contributed by atoms with van der Waals surface area (Å²) in [5.41, 5.74) is 3.35. The van der Waals surface area contributed by atoms with Gasteiger partial charge in [-0.3, -0.25) is 4.79 Å². The normalized spacial score (nSPS) is 12.0. The summed E-state index contributed by atoms with van der Waals surface area (Å²) in [6, 6.07) is 13.5. The van der Waals surface area contributed by atoms with Crippen molar-refractivity contribution in [2.24, 2.45) is 0 Å². The van der Waals surface area contributed by atoms with Gasteiger partial charge >= 0.3 is 6.03 Å². The van der Waals surface area contributed by atoms with Crippen molar-refractivity contribution in [2.75, 3.05) is 16.0 Å². The van der Waals surface area contributed by atoms with E-state index < -0.39 is 6.03 Å². The Morgan fingerprint density at radius 3 is 2.50 bits per heavy atom. The zero-order valence-electron chi connectivity index (χ0n) is 11.5. The van der Waals surface area contributed by atoms with Crippen LogP contribution in [-0.4, -0.2) is 11.9 Å². The lowest BCUT2D eigenvalue weighted by atomic mass is 10.1. The van der Waals surface area contributed by atoms with Crippen molar-refractivity contribution in [3.05, 3.63) is 53.6 Å². The first-order chi connectivity index (χ1) is 10.6. The van der Waals surface area contributed by atoms with Crippen molar-refractivity contribution in [2.45, 2.75) is 6.42 Å². The molecule has 22 heavy (non-hydrogen) atoms. The van der Waals surface area contributed by atoms with Gasteiger partial charge in [-0.15, -0.1) is 0 Å². The summed E-state index contributed by atoms with van der Waals surface area (Å²) in [6.45, 7) is 0. The fourth-order valence-electron chi connectivity index (χ4n) is 2.21. The number of benzene rings is 2. The van der Waals surface area contributed by atoms with Crippen molar-refractivity contribution in [1.29, 1.82) is 5.26 Å². The second kappa shape index (κ2) is 5.58. The zero-order valence-corrected chi connectivity index (χ0v) is 11.5. The van der Waals surface area contributed by atoms with Crippen LogP contribution in [0.1, 0.15) is 11.1 Å². The number of nitrogens with one attached hydrogen (secondary N) is 3. The maximum atomic E-state index is 11.9. The molecule has 0 atom stereocenters. The summed E-state index contributed by atoms with van der Waals surface area (Å²) in [5.74, 6) is -0.0471. The summed E-state index contributed by atoms with van der Waals surface area (Å²) >= 11 is 0. The first-order valence-corrected chi connectivity index (χ1v) is 6.65. The molecule has 2 aromatic carbocycles. The fraction of sp³-hybridized carbons (Fsp3) is 0.0625. The quantitative estimate of drug-likeness (QED) is 0.794. The third kappa shape index (κ3) is 2.88. The maximum Gasteiger partial charge on any atom is 0.323 e. The lowest BCUT2D eigenvalue weighted by Crippen LogP contribution is -2.19. The van der Waals surface area contributed by atoms with E-state index in [0.29, 0.717) is 23.4 Å². The molecule has 6 heteroatoms. The van der Waals surface area contributed by atoms with E-state index in [4.69, 9.17) is 5.26 Å². The van der Waals surface area contributed by atoms with Gasteiger partial charge in [-0.2, -0.15) is 5.26 Å². The second-order valence-corrected chi connectivity index (χ2v) is 4.87.